The summed E-state index contributed by atoms with van der Waals surface area (Å²) in [6.07, 6.45) is 8.93. The number of pyridine rings is 1. The highest BCUT2D eigenvalue weighted by atomic mass is 16.3. The Kier molecular flexibility index (Phi) is 3.10. The van der Waals surface area contributed by atoms with E-state index in [9.17, 15) is 0 Å². The molecule has 0 saturated carbocycles. The van der Waals surface area contributed by atoms with Crippen LogP contribution in [0.15, 0.2) is 90.1 Å². The summed E-state index contributed by atoms with van der Waals surface area (Å²) in [7, 11) is 0. The van der Waals surface area contributed by atoms with Gasteiger partial charge in [0.05, 0.1) is 35.4 Å². The Bertz CT molecular complexity index is 1450. The average Bonchev–Trinajstić information content (AvgIpc) is 3.37. The summed E-state index contributed by atoms with van der Waals surface area (Å²) in [6.45, 7) is 0. The van der Waals surface area contributed by atoms with Crippen LogP contribution in [0, 0.1) is 0 Å². The fourth-order valence-electron chi connectivity index (χ4n) is 3.83. The average molecular weight is 362 g/mol. The maximum atomic E-state index is 5.85. The molecule has 0 aliphatic heterocycles. The normalized spacial score (nSPS) is 11.6. The molecule has 0 bridgehead atoms. The van der Waals surface area contributed by atoms with E-state index in [-0.39, 0.29) is 0 Å². The Morgan fingerprint density at radius 1 is 0.786 bits per heavy atom. The minimum absolute atomic E-state index is 0.676. The molecule has 2 aromatic carbocycles. The number of rotatable bonds is 2. The van der Waals surface area contributed by atoms with Crippen LogP contribution in [0.25, 0.3) is 49.9 Å². The number of benzene rings is 2. The Balaban J connectivity index is 1.66. The maximum absolute atomic E-state index is 5.85. The third-order valence-electron chi connectivity index (χ3n) is 5.09. The van der Waals surface area contributed by atoms with E-state index in [1.165, 1.54) is 5.39 Å². The van der Waals surface area contributed by atoms with Gasteiger partial charge in [0.1, 0.15) is 0 Å². The van der Waals surface area contributed by atoms with E-state index >= 15 is 0 Å². The Hall–Kier alpha value is -3.99. The first-order valence-electron chi connectivity index (χ1n) is 9.02. The lowest BCUT2D eigenvalue weighted by molar-refractivity contribution is 0.618. The second-order valence-corrected chi connectivity index (χ2v) is 6.65. The topological polar surface area (TPSA) is 56.7 Å². The fourth-order valence-corrected chi connectivity index (χ4v) is 3.83. The molecule has 0 radical (unpaired) electrons. The van der Waals surface area contributed by atoms with Crippen molar-refractivity contribution in [3.63, 3.8) is 0 Å². The van der Waals surface area contributed by atoms with Gasteiger partial charge in [-0.25, -0.2) is 9.97 Å². The van der Waals surface area contributed by atoms with Crippen molar-refractivity contribution in [1.29, 1.82) is 0 Å². The van der Waals surface area contributed by atoms with E-state index in [1.54, 1.807) is 18.7 Å². The molecule has 0 aliphatic rings. The summed E-state index contributed by atoms with van der Waals surface area (Å²) in [6, 6.07) is 18.4. The molecule has 0 unspecified atom stereocenters. The summed E-state index contributed by atoms with van der Waals surface area (Å²) in [5.74, 6) is 0.676. The zero-order valence-corrected chi connectivity index (χ0v) is 14.8. The minimum Gasteiger partial charge on any atom is -0.462 e. The molecule has 6 rings (SSSR count). The van der Waals surface area contributed by atoms with Gasteiger partial charge in [0, 0.05) is 34.1 Å². The lowest BCUT2D eigenvalue weighted by Crippen LogP contribution is -1.98. The molecule has 0 amide bonds. The van der Waals surface area contributed by atoms with Crippen molar-refractivity contribution in [2.75, 3.05) is 0 Å². The van der Waals surface area contributed by atoms with Gasteiger partial charge in [-0.2, -0.15) is 0 Å². The lowest BCUT2D eigenvalue weighted by atomic mass is 10.1. The number of furan rings is 1. The van der Waals surface area contributed by atoms with Gasteiger partial charge >= 0.3 is 0 Å². The van der Waals surface area contributed by atoms with Crippen LogP contribution in [0.1, 0.15) is 0 Å². The van der Waals surface area contributed by atoms with E-state index in [2.05, 4.69) is 49.9 Å². The van der Waals surface area contributed by atoms with Crippen molar-refractivity contribution in [2.45, 2.75) is 0 Å². The first-order chi connectivity index (χ1) is 13.9. The number of nitrogens with zero attached hydrogens (tertiary/aromatic N) is 4. The van der Waals surface area contributed by atoms with Gasteiger partial charge in [-0.3, -0.25) is 4.98 Å². The Morgan fingerprint density at radius 3 is 2.46 bits per heavy atom. The first-order valence-corrected chi connectivity index (χ1v) is 9.02. The SMILES string of the molecule is c1ccc2c(c1)c1ccc3ccoc3c1n2-c1cnc(-c2ccncc2)nc1. The largest absolute Gasteiger partial charge is 0.462 e. The van der Waals surface area contributed by atoms with E-state index in [4.69, 9.17) is 4.42 Å². The van der Waals surface area contributed by atoms with Crippen LogP contribution in [0.3, 0.4) is 0 Å². The summed E-state index contributed by atoms with van der Waals surface area (Å²) in [4.78, 5) is 13.2. The van der Waals surface area contributed by atoms with Crippen molar-refractivity contribution >= 4 is 32.8 Å². The maximum Gasteiger partial charge on any atom is 0.159 e. The Morgan fingerprint density at radius 2 is 1.61 bits per heavy atom. The van der Waals surface area contributed by atoms with Crippen LogP contribution >= 0.6 is 0 Å². The molecule has 132 valence electrons. The molecule has 0 fully saturated rings. The zero-order chi connectivity index (χ0) is 18.5. The van der Waals surface area contributed by atoms with Crippen LogP contribution in [0.5, 0.6) is 0 Å². The number of para-hydroxylation sites is 1. The molecule has 4 heterocycles. The molecule has 0 N–H and O–H groups in total. The molecule has 0 aliphatic carbocycles. The number of hydrogen-bond acceptors (Lipinski definition) is 4. The third kappa shape index (κ3) is 2.10. The standard InChI is InChI=1S/C23H14N4O/c1-2-4-20-18(3-1)19-6-5-15-9-12-28-22(15)21(19)27(20)17-13-25-23(26-14-17)16-7-10-24-11-8-16/h1-14H. The van der Waals surface area contributed by atoms with Gasteiger partial charge in [-0.1, -0.05) is 30.3 Å². The quantitative estimate of drug-likeness (QED) is 0.415. The molecule has 4 aromatic heterocycles. The second kappa shape index (κ2) is 5.76. The lowest BCUT2D eigenvalue weighted by Gasteiger charge is -2.08. The van der Waals surface area contributed by atoms with Gasteiger partial charge in [0.2, 0.25) is 0 Å². The van der Waals surface area contributed by atoms with Crippen LogP contribution in [-0.4, -0.2) is 19.5 Å². The summed E-state index contributed by atoms with van der Waals surface area (Å²) in [5, 5.41) is 3.40. The van der Waals surface area contributed by atoms with Crippen molar-refractivity contribution in [3.05, 3.63) is 85.6 Å². The molecule has 5 nitrogen and oxygen atoms in total. The van der Waals surface area contributed by atoms with Gasteiger partial charge in [0.25, 0.3) is 0 Å². The molecule has 5 heteroatoms. The Labute approximate surface area is 159 Å². The van der Waals surface area contributed by atoms with Gasteiger partial charge in [-0.15, -0.1) is 0 Å². The molecular weight excluding hydrogens is 348 g/mol. The fraction of sp³-hybridized carbons (Fsp3) is 0. The minimum atomic E-state index is 0.676. The monoisotopic (exact) mass is 362 g/mol. The van der Waals surface area contributed by atoms with Crippen molar-refractivity contribution in [3.8, 4) is 17.1 Å². The smallest absolute Gasteiger partial charge is 0.159 e. The highest BCUT2D eigenvalue weighted by Crippen LogP contribution is 2.36. The summed E-state index contributed by atoms with van der Waals surface area (Å²) in [5.41, 5.74) is 4.84. The first kappa shape index (κ1) is 15.1. The highest BCUT2D eigenvalue weighted by Gasteiger charge is 2.16. The van der Waals surface area contributed by atoms with E-state index in [1.807, 2.05) is 36.7 Å². The second-order valence-electron chi connectivity index (χ2n) is 6.65. The molecule has 6 aromatic rings. The van der Waals surface area contributed by atoms with E-state index in [0.717, 1.165) is 38.6 Å². The molecular formula is C23H14N4O. The number of aromatic nitrogens is 4. The number of fused-ring (bicyclic) bond motifs is 5. The molecule has 0 atom stereocenters. The highest BCUT2D eigenvalue weighted by molar-refractivity contribution is 6.17. The zero-order valence-electron chi connectivity index (χ0n) is 14.8. The third-order valence-corrected chi connectivity index (χ3v) is 5.09. The predicted octanol–water partition coefficient (Wildman–Crippen LogP) is 5.38. The predicted molar refractivity (Wildman–Crippen MR) is 109 cm³/mol. The molecule has 0 spiro atoms. The van der Waals surface area contributed by atoms with Crippen LogP contribution in [0.2, 0.25) is 0 Å². The van der Waals surface area contributed by atoms with Crippen LogP contribution in [0.4, 0.5) is 0 Å². The molecule has 28 heavy (non-hydrogen) atoms. The summed E-state index contributed by atoms with van der Waals surface area (Å²) < 4.78 is 8.02. The van der Waals surface area contributed by atoms with Crippen molar-refractivity contribution < 1.29 is 4.42 Å². The van der Waals surface area contributed by atoms with Crippen LogP contribution in [-0.2, 0) is 0 Å². The van der Waals surface area contributed by atoms with Crippen molar-refractivity contribution in [1.82, 2.24) is 19.5 Å². The summed E-state index contributed by atoms with van der Waals surface area (Å²) >= 11 is 0. The van der Waals surface area contributed by atoms with Gasteiger partial charge < -0.3 is 8.98 Å². The number of hydrogen-bond donors (Lipinski definition) is 0. The molecule has 0 saturated heterocycles. The van der Waals surface area contributed by atoms with Crippen molar-refractivity contribution in [2.24, 2.45) is 0 Å². The van der Waals surface area contributed by atoms with E-state index in [0.29, 0.717) is 5.82 Å². The van der Waals surface area contributed by atoms with Gasteiger partial charge in [0.15, 0.2) is 11.4 Å². The van der Waals surface area contributed by atoms with Crippen LogP contribution < -0.4 is 0 Å². The van der Waals surface area contributed by atoms with E-state index < -0.39 is 0 Å². The van der Waals surface area contributed by atoms with Gasteiger partial charge in [-0.05, 0) is 24.3 Å².